The van der Waals surface area contributed by atoms with Crippen LogP contribution in [0.4, 0.5) is 0 Å². The number of fused-ring (bicyclic) bond motifs is 1. The molecule has 1 heterocycles. The Kier molecular flexibility index (Phi) is 2.24. The number of esters is 1. The number of hydrogen-bond acceptors (Lipinski definition) is 3. The number of aromatic amines is 1. The van der Waals surface area contributed by atoms with Crippen LogP contribution in [0.1, 0.15) is 21.5 Å². The van der Waals surface area contributed by atoms with Gasteiger partial charge in [-0.15, -0.1) is 0 Å². The molecular formula is C12H10ClNO3. The molecule has 0 aliphatic carbocycles. The van der Waals surface area contributed by atoms with Crippen LogP contribution < -0.4 is 5.43 Å². The molecule has 0 saturated carbocycles. The molecule has 0 bridgehead atoms. The monoisotopic (exact) mass is 254 g/mol. The highest BCUT2D eigenvalue weighted by Gasteiger charge is 2.10. The van der Waals surface area contributed by atoms with E-state index in [1.165, 1.54) is 0 Å². The quantitative estimate of drug-likeness (QED) is 0.837. The minimum Gasteiger partial charge on any atom is -0.461 e. The van der Waals surface area contributed by atoms with E-state index in [0.29, 0.717) is 0 Å². The topological polar surface area (TPSA) is 59.2 Å². The van der Waals surface area contributed by atoms with Crippen molar-refractivity contribution in [1.29, 1.82) is 0 Å². The molecular weight excluding hydrogens is 242 g/mol. The summed E-state index contributed by atoms with van der Waals surface area (Å²) in [5.74, 6) is -0.733. The molecule has 1 N–H and O–H groups in total. The van der Waals surface area contributed by atoms with Gasteiger partial charge in [0.15, 0.2) is 5.43 Å². The van der Waals surface area contributed by atoms with E-state index in [9.17, 15) is 9.59 Å². The minimum absolute atomic E-state index is 0.0495. The highest BCUT2D eigenvalue weighted by Crippen LogP contribution is 2.15. The number of ether oxygens (including phenoxy) is 1. The van der Waals surface area contributed by atoms with E-state index in [1.807, 2.05) is 0 Å². The lowest BCUT2D eigenvalue weighted by Gasteiger charge is -2.04. The molecule has 88 valence electrons. The van der Waals surface area contributed by atoms with Crippen LogP contribution in [-0.2, 0) is 4.74 Å². The van der Waals surface area contributed by atoms with Gasteiger partial charge in [0.05, 0.1) is 16.2 Å². The fraction of sp³-hybridized carbons (Fsp3) is 0.167. The molecule has 0 amide bonds. The van der Waals surface area contributed by atoms with Crippen molar-refractivity contribution in [3.63, 3.8) is 0 Å². The number of carbonyl (C=O) groups excluding carboxylic acids is 1. The zero-order valence-corrected chi connectivity index (χ0v) is 9.64. The van der Waals surface area contributed by atoms with Gasteiger partial charge in [-0.2, -0.15) is 0 Å². The molecule has 0 aliphatic heterocycles. The maximum Gasteiger partial charge on any atom is 0.354 e. The summed E-state index contributed by atoms with van der Waals surface area (Å²) in [5, 5.41) is -0.392. The first-order chi connectivity index (χ1) is 9.38. The number of halogens is 1. The molecule has 2 rings (SSSR count). The Morgan fingerprint density at radius 3 is 3.06 bits per heavy atom. The van der Waals surface area contributed by atoms with Gasteiger partial charge in [0.2, 0.25) is 0 Å². The summed E-state index contributed by atoms with van der Waals surface area (Å²) in [5.41, 5.74) is -0.803. The third-order valence-electron chi connectivity index (χ3n) is 2.06. The number of aromatic nitrogens is 1. The van der Waals surface area contributed by atoms with Crippen molar-refractivity contribution < 1.29 is 13.6 Å². The lowest BCUT2D eigenvalue weighted by Crippen LogP contribution is -2.12. The first-order valence-corrected chi connectivity index (χ1v) is 5.25. The third kappa shape index (κ3) is 2.31. The van der Waals surface area contributed by atoms with Gasteiger partial charge in [0.1, 0.15) is 5.69 Å². The normalized spacial score (nSPS) is 12.9. The highest BCUT2D eigenvalue weighted by molar-refractivity contribution is 6.31. The van der Waals surface area contributed by atoms with Crippen LogP contribution in [0.5, 0.6) is 0 Å². The van der Waals surface area contributed by atoms with Crippen molar-refractivity contribution in [2.75, 3.05) is 6.61 Å². The summed E-state index contributed by atoms with van der Waals surface area (Å²) in [6.07, 6.45) is 0. The molecule has 4 nitrogen and oxygen atoms in total. The summed E-state index contributed by atoms with van der Waals surface area (Å²) in [6, 6.07) is -0.0763. The third-order valence-corrected chi connectivity index (χ3v) is 2.25. The molecule has 0 unspecified atom stereocenters. The number of nitrogens with one attached hydrogen (secondary N) is 1. The Morgan fingerprint density at radius 2 is 2.35 bits per heavy atom. The van der Waals surface area contributed by atoms with Crippen molar-refractivity contribution in [3.8, 4) is 0 Å². The summed E-state index contributed by atoms with van der Waals surface area (Å²) in [7, 11) is 0. The lowest BCUT2D eigenvalue weighted by atomic mass is 10.2. The Hall–Kier alpha value is -1.81. The summed E-state index contributed by atoms with van der Waals surface area (Å²) >= 11 is 5.77. The Morgan fingerprint density at radius 1 is 1.59 bits per heavy atom. The van der Waals surface area contributed by atoms with Gasteiger partial charge in [0, 0.05) is 16.5 Å². The van der Waals surface area contributed by atoms with E-state index in [2.05, 4.69) is 4.98 Å². The van der Waals surface area contributed by atoms with Gasteiger partial charge in [-0.1, -0.05) is 11.6 Å². The van der Waals surface area contributed by atoms with Crippen LogP contribution in [0.15, 0.2) is 29.0 Å². The van der Waals surface area contributed by atoms with Crippen LogP contribution in [-0.4, -0.2) is 17.6 Å². The predicted octanol–water partition coefficient (Wildman–Crippen LogP) is 2.36. The standard InChI is InChI=1S/C12H10ClNO3/c1-2-17-12(16)10-6-11(15)8-4-3-7(13)5-9(8)14-10/h3-6H,2H2,1H3,(H,14,15)/i3D,4D,5D. The zero-order valence-electron chi connectivity index (χ0n) is 11.9. The fourth-order valence-corrected chi connectivity index (χ4v) is 1.50. The number of H-pyrrole nitrogens is 1. The first kappa shape index (κ1) is 8.31. The summed E-state index contributed by atoms with van der Waals surface area (Å²) in [4.78, 5) is 26.2. The van der Waals surface area contributed by atoms with E-state index in [-0.39, 0.29) is 40.3 Å². The van der Waals surface area contributed by atoms with Crippen LogP contribution in [0.3, 0.4) is 0 Å². The Balaban J connectivity index is 2.85. The largest absolute Gasteiger partial charge is 0.461 e. The molecule has 5 heteroatoms. The molecule has 1 aromatic carbocycles. The number of hydrogen-bond donors (Lipinski definition) is 1. The van der Waals surface area contributed by atoms with Crippen LogP contribution in [0.25, 0.3) is 10.9 Å². The molecule has 0 aliphatic rings. The van der Waals surface area contributed by atoms with Crippen molar-refractivity contribution in [2.45, 2.75) is 6.92 Å². The minimum atomic E-state index is -0.733. The smallest absolute Gasteiger partial charge is 0.354 e. The second kappa shape index (κ2) is 4.59. The average molecular weight is 255 g/mol. The SMILES string of the molecule is [2H]c1c(Cl)c([2H])c2[nH]c(C(=O)OCC)cc(=O)c2c1[2H]. The molecule has 0 spiro atoms. The Labute approximate surface area is 106 Å². The number of carbonyl (C=O) groups is 1. The van der Waals surface area contributed by atoms with Gasteiger partial charge >= 0.3 is 5.97 Å². The molecule has 1 aromatic heterocycles. The van der Waals surface area contributed by atoms with Gasteiger partial charge in [-0.05, 0) is 25.1 Å². The van der Waals surface area contributed by atoms with Crippen molar-refractivity contribution in [3.05, 3.63) is 45.1 Å². The second-order valence-corrected chi connectivity index (χ2v) is 3.58. The van der Waals surface area contributed by atoms with Crippen molar-refractivity contribution in [2.24, 2.45) is 0 Å². The van der Waals surface area contributed by atoms with Crippen LogP contribution in [0, 0.1) is 0 Å². The van der Waals surface area contributed by atoms with E-state index in [4.69, 9.17) is 20.5 Å². The molecule has 0 radical (unpaired) electrons. The molecule has 0 fully saturated rings. The summed E-state index contributed by atoms with van der Waals surface area (Å²) in [6.45, 7) is 1.76. The fourth-order valence-electron chi connectivity index (χ4n) is 1.35. The molecule has 17 heavy (non-hydrogen) atoms. The van der Waals surface area contributed by atoms with Gasteiger partial charge < -0.3 is 9.72 Å². The molecule has 2 aromatic rings. The van der Waals surface area contributed by atoms with Gasteiger partial charge in [-0.25, -0.2) is 4.79 Å². The lowest BCUT2D eigenvalue weighted by molar-refractivity contribution is 0.0520. The van der Waals surface area contributed by atoms with E-state index in [1.54, 1.807) is 6.92 Å². The Bertz CT molecular complexity index is 773. The second-order valence-electron chi connectivity index (χ2n) is 3.21. The highest BCUT2D eigenvalue weighted by atomic mass is 35.5. The summed E-state index contributed by atoms with van der Waals surface area (Å²) < 4.78 is 27.9. The van der Waals surface area contributed by atoms with Crippen LogP contribution in [0.2, 0.25) is 5.02 Å². The maximum absolute atomic E-state index is 12.0. The van der Waals surface area contributed by atoms with Crippen molar-refractivity contribution in [1.82, 2.24) is 4.98 Å². The number of benzene rings is 1. The first-order valence-electron chi connectivity index (χ1n) is 6.37. The van der Waals surface area contributed by atoms with E-state index in [0.717, 1.165) is 6.07 Å². The molecule has 0 saturated heterocycles. The average Bonchev–Trinajstić information content (AvgIpc) is 2.42. The zero-order chi connectivity index (χ0) is 15.0. The van der Waals surface area contributed by atoms with Gasteiger partial charge in [0.25, 0.3) is 0 Å². The van der Waals surface area contributed by atoms with E-state index >= 15 is 0 Å². The van der Waals surface area contributed by atoms with E-state index < -0.39 is 17.4 Å². The van der Waals surface area contributed by atoms with Crippen LogP contribution >= 0.6 is 11.6 Å². The number of rotatable bonds is 2. The maximum atomic E-state index is 12.0. The van der Waals surface area contributed by atoms with Crippen molar-refractivity contribution >= 4 is 28.5 Å². The van der Waals surface area contributed by atoms with Gasteiger partial charge in [-0.3, -0.25) is 4.79 Å². The number of pyridine rings is 1. The molecule has 0 atom stereocenters. The predicted molar refractivity (Wildman–Crippen MR) is 65.5 cm³/mol.